The number of nitrogens with zero attached hydrogens (tertiary/aromatic N) is 4. The van der Waals surface area contributed by atoms with Crippen LogP contribution < -0.4 is 9.47 Å². The van der Waals surface area contributed by atoms with E-state index in [9.17, 15) is 0 Å². The quantitative estimate of drug-likeness (QED) is 0.496. The minimum absolute atomic E-state index is 0.216. The van der Waals surface area contributed by atoms with Crippen LogP contribution in [0.5, 0.6) is 11.6 Å². The highest BCUT2D eigenvalue weighted by atomic mass is 16.5. The van der Waals surface area contributed by atoms with E-state index in [1.54, 1.807) is 6.20 Å². The maximum absolute atomic E-state index is 6.17. The van der Waals surface area contributed by atoms with E-state index in [1.807, 2.05) is 43.4 Å². The highest BCUT2D eigenvalue weighted by molar-refractivity contribution is 5.60. The van der Waals surface area contributed by atoms with E-state index in [2.05, 4.69) is 26.9 Å². The van der Waals surface area contributed by atoms with Crippen molar-refractivity contribution in [2.24, 2.45) is 0 Å². The van der Waals surface area contributed by atoms with E-state index in [0.717, 1.165) is 30.7 Å². The monoisotopic (exact) mass is 422 g/mol. The standard InChI is InChI=1S/C24H30N4O3/c1-18-10-12-19(13-11-18)29-16-15-28(2)17-22-26-23(27-31-22)21-9-6-14-25-24(21)30-20-7-4-3-5-8-20/h6,9-14,20H,3-5,7-8,15-17H2,1-2H3. The number of likely N-dealkylation sites (N-methyl/N-ethyl adjacent to an activating group) is 1. The molecule has 1 fully saturated rings. The van der Waals surface area contributed by atoms with Crippen molar-refractivity contribution >= 4 is 0 Å². The first-order valence-corrected chi connectivity index (χ1v) is 11.0. The highest BCUT2D eigenvalue weighted by Gasteiger charge is 2.20. The Morgan fingerprint density at radius 1 is 1.10 bits per heavy atom. The lowest BCUT2D eigenvalue weighted by molar-refractivity contribution is 0.149. The molecule has 7 heteroatoms. The Kier molecular flexibility index (Phi) is 7.14. The zero-order chi connectivity index (χ0) is 21.5. The van der Waals surface area contributed by atoms with Crippen LogP contribution >= 0.6 is 0 Å². The Bertz CT molecular complexity index is 951. The molecule has 0 spiro atoms. The summed E-state index contributed by atoms with van der Waals surface area (Å²) in [6.45, 7) is 3.94. The van der Waals surface area contributed by atoms with Crippen molar-refractivity contribution in [3.8, 4) is 23.0 Å². The van der Waals surface area contributed by atoms with E-state index >= 15 is 0 Å². The summed E-state index contributed by atoms with van der Waals surface area (Å²) in [6.07, 6.45) is 7.80. The van der Waals surface area contributed by atoms with Gasteiger partial charge in [-0.1, -0.05) is 29.3 Å². The van der Waals surface area contributed by atoms with Gasteiger partial charge in [-0.05, 0) is 63.9 Å². The number of aromatic nitrogens is 3. The number of hydrogen-bond acceptors (Lipinski definition) is 7. The molecule has 0 amide bonds. The summed E-state index contributed by atoms with van der Waals surface area (Å²) in [7, 11) is 2.00. The number of ether oxygens (including phenoxy) is 2. The average Bonchev–Trinajstić information content (AvgIpc) is 3.24. The second-order valence-electron chi connectivity index (χ2n) is 8.15. The van der Waals surface area contributed by atoms with Crippen LogP contribution in [0.3, 0.4) is 0 Å². The van der Waals surface area contributed by atoms with Gasteiger partial charge in [0.2, 0.25) is 17.6 Å². The fourth-order valence-electron chi connectivity index (χ4n) is 3.69. The summed E-state index contributed by atoms with van der Waals surface area (Å²) >= 11 is 0. The Balaban J connectivity index is 1.32. The molecule has 0 atom stereocenters. The molecule has 1 aliphatic rings. The van der Waals surface area contributed by atoms with Crippen molar-refractivity contribution in [3.05, 3.63) is 54.0 Å². The molecule has 31 heavy (non-hydrogen) atoms. The molecule has 1 saturated carbocycles. The normalized spacial score (nSPS) is 14.7. The molecule has 0 bridgehead atoms. The van der Waals surface area contributed by atoms with Gasteiger partial charge in [-0.2, -0.15) is 4.98 Å². The molecule has 1 aromatic carbocycles. The summed E-state index contributed by atoms with van der Waals surface area (Å²) in [4.78, 5) is 11.1. The van der Waals surface area contributed by atoms with Crippen molar-refractivity contribution in [2.75, 3.05) is 20.2 Å². The molecular weight excluding hydrogens is 392 g/mol. The van der Waals surface area contributed by atoms with Crippen LogP contribution in [0.25, 0.3) is 11.4 Å². The third-order valence-corrected chi connectivity index (χ3v) is 5.48. The van der Waals surface area contributed by atoms with E-state index in [4.69, 9.17) is 14.0 Å². The van der Waals surface area contributed by atoms with E-state index in [-0.39, 0.29) is 6.10 Å². The van der Waals surface area contributed by atoms with Gasteiger partial charge in [0.25, 0.3) is 0 Å². The number of pyridine rings is 1. The minimum atomic E-state index is 0.216. The van der Waals surface area contributed by atoms with Crippen LogP contribution in [0.2, 0.25) is 0 Å². The summed E-state index contributed by atoms with van der Waals surface area (Å²) in [5.41, 5.74) is 1.99. The van der Waals surface area contributed by atoms with Crippen molar-refractivity contribution in [1.82, 2.24) is 20.0 Å². The maximum atomic E-state index is 6.17. The first-order chi connectivity index (χ1) is 15.2. The average molecular weight is 423 g/mol. The topological polar surface area (TPSA) is 73.5 Å². The van der Waals surface area contributed by atoms with Gasteiger partial charge in [-0.3, -0.25) is 4.90 Å². The molecule has 1 aliphatic carbocycles. The molecule has 0 unspecified atom stereocenters. The van der Waals surface area contributed by atoms with Gasteiger partial charge in [-0.15, -0.1) is 0 Å². The van der Waals surface area contributed by atoms with E-state index in [0.29, 0.717) is 30.7 Å². The smallest absolute Gasteiger partial charge is 0.241 e. The predicted octanol–water partition coefficient (Wildman–Crippen LogP) is 4.66. The molecule has 164 valence electrons. The van der Waals surface area contributed by atoms with Crippen LogP contribution in [0.4, 0.5) is 0 Å². The largest absolute Gasteiger partial charge is 0.492 e. The number of rotatable bonds is 9. The van der Waals surface area contributed by atoms with Crippen LogP contribution in [0.1, 0.15) is 43.6 Å². The molecule has 0 aliphatic heterocycles. The van der Waals surface area contributed by atoms with Crippen molar-refractivity contribution < 1.29 is 14.0 Å². The summed E-state index contributed by atoms with van der Waals surface area (Å²) in [6, 6.07) is 11.9. The Labute approximate surface area is 183 Å². The zero-order valence-corrected chi connectivity index (χ0v) is 18.3. The third kappa shape index (κ3) is 6.04. The number of benzene rings is 1. The first kappa shape index (κ1) is 21.3. The fourth-order valence-corrected chi connectivity index (χ4v) is 3.69. The van der Waals surface area contributed by atoms with Gasteiger partial charge >= 0.3 is 0 Å². The molecule has 0 N–H and O–H groups in total. The second kappa shape index (κ2) is 10.4. The SMILES string of the molecule is Cc1ccc(OCCN(C)Cc2nc(-c3cccnc3OC3CCCCC3)no2)cc1. The van der Waals surface area contributed by atoms with Gasteiger partial charge in [0.05, 0.1) is 12.1 Å². The minimum Gasteiger partial charge on any atom is -0.492 e. The predicted molar refractivity (Wildman–Crippen MR) is 118 cm³/mol. The third-order valence-electron chi connectivity index (χ3n) is 5.48. The molecular formula is C24H30N4O3. The molecule has 7 nitrogen and oxygen atoms in total. The summed E-state index contributed by atoms with van der Waals surface area (Å²) < 4.78 is 17.5. The molecule has 3 aromatic rings. The van der Waals surface area contributed by atoms with Crippen molar-refractivity contribution in [2.45, 2.75) is 51.7 Å². The number of hydrogen-bond donors (Lipinski definition) is 0. The summed E-state index contributed by atoms with van der Waals surface area (Å²) in [5.74, 6) is 2.53. The molecule has 2 aromatic heterocycles. The maximum Gasteiger partial charge on any atom is 0.241 e. The van der Waals surface area contributed by atoms with Gasteiger partial charge in [0, 0.05) is 12.7 Å². The molecule has 4 rings (SSSR count). The Hall–Kier alpha value is -2.93. The van der Waals surface area contributed by atoms with Crippen LogP contribution in [0, 0.1) is 6.92 Å². The Morgan fingerprint density at radius 2 is 1.90 bits per heavy atom. The van der Waals surface area contributed by atoms with Crippen LogP contribution in [-0.4, -0.2) is 46.3 Å². The highest BCUT2D eigenvalue weighted by Crippen LogP contribution is 2.29. The lowest BCUT2D eigenvalue weighted by Gasteiger charge is -2.22. The van der Waals surface area contributed by atoms with Gasteiger partial charge in [-0.25, -0.2) is 4.98 Å². The van der Waals surface area contributed by atoms with E-state index < -0.39 is 0 Å². The number of aryl methyl sites for hydroxylation is 1. The van der Waals surface area contributed by atoms with Gasteiger partial charge in [0.1, 0.15) is 18.5 Å². The molecule has 2 heterocycles. The van der Waals surface area contributed by atoms with Crippen molar-refractivity contribution in [3.63, 3.8) is 0 Å². The lowest BCUT2D eigenvalue weighted by Crippen LogP contribution is -2.24. The summed E-state index contributed by atoms with van der Waals surface area (Å²) in [5, 5.41) is 4.17. The first-order valence-electron chi connectivity index (χ1n) is 11.0. The second-order valence-corrected chi connectivity index (χ2v) is 8.15. The molecule has 0 saturated heterocycles. The molecule has 0 radical (unpaired) electrons. The van der Waals surface area contributed by atoms with Gasteiger partial charge < -0.3 is 14.0 Å². The van der Waals surface area contributed by atoms with Crippen molar-refractivity contribution in [1.29, 1.82) is 0 Å². The van der Waals surface area contributed by atoms with Crippen LogP contribution in [-0.2, 0) is 6.54 Å². The fraction of sp³-hybridized carbons (Fsp3) is 0.458. The zero-order valence-electron chi connectivity index (χ0n) is 18.3. The van der Waals surface area contributed by atoms with Gasteiger partial charge in [0.15, 0.2) is 0 Å². The van der Waals surface area contributed by atoms with E-state index in [1.165, 1.54) is 24.8 Å². The Morgan fingerprint density at radius 3 is 2.71 bits per heavy atom. The lowest BCUT2D eigenvalue weighted by atomic mass is 9.98. The van der Waals surface area contributed by atoms with Crippen LogP contribution in [0.15, 0.2) is 47.1 Å².